The minimum absolute atomic E-state index is 0. The molecule has 0 amide bonds. The number of phenols is 1. The van der Waals surface area contributed by atoms with Crippen molar-refractivity contribution in [3.63, 3.8) is 0 Å². The first-order valence-electron chi connectivity index (χ1n) is 10.7. The minimum Gasteiger partial charge on any atom is -1.00 e. The van der Waals surface area contributed by atoms with Gasteiger partial charge in [0, 0.05) is 0 Å². The van der Waals surface area contributed by atoms with Gasteiger partial charge in [-0.2, -0.15) is 0 Å². The molecule has 1 aromatic carbocycles. The van der Waals surface area contributed by atoms with Crippen molar-refractivity contribution in [3.05, 3.63) is 29.8 Å². The average molecular weight is 405 g/mol. The van der Waals surface area contributed by atoms with E-state index in [1.807, 2.05) is 0 Å². The van der Waals surface area contributed by atoms with Gasteiger partial charge in [-0.3, -0.25) is 0 Å². The fraction of sp³-hybridized carbons (Fsp3) is 0.696. The van der Waals surface area contributed by atoms with Crippen molar-refractivity contribution in [1.29, 1.82) is 0 Å². The molecular weight excluding hydrogens is 364 g/mol. The van der Waals surface area contributed by atoms with E-state index in [0.29, 0.717) is 6.61 Å². The van der Waals surface area contributed by atoms with Gasteiger partial charge in [0.25, 0.3) is 0 Å². The zero-order valence-corrected chi connectivity index (χ0v) is 19.6. The van der Waals surface area contributed by atoms with Gasteiger partial charge >= 0.3 is 43.7 Å². The number of ether oxygens (including phenoxy) is 1. The smallest absolute Gasteiger partial charge is 1.00 e. The Morgan fingerprint density at radius 1 is 0.815 bits per heavy atom. The molecule has 0 aliphatic rings. The van der Waals surface area contributed by atoms with Crippen LogP contribution in [0.5, 0.6) is 5.75 Å². The van der Waals surface area contributed by atoms with E-state index in [-0.39, 0.29) is 51.9 Å². The zero-order chi connectivity index (χ0) is 18.9. The first-order chi connectivity index (χ1) is 12.8. The standard InChI is InChI=1S/C23H38O3.Ca.2H/c1-2-3-4-5-6-7-8-9-10-11-12-13-14-17-20-26-23(25)21-18-15-16-19-22(21)24;;;/h15-16,18-19,24H,2-14,17,20H2,1H3;;;/q;+2;2*-1. The topological polar surface area (TPSA) is 46.5 Å². The van der Waals surface area contributed by atoms with Gasteiger partial charge in [-0.05, 0) is 18.6 Å². The summed E-state index contributed by atoms with van der Waals surface area (Å²) in [5.41, 5.74) is 0.248. The fourth-order valence-corrected chi connectivity index (χ4v) is 3.19. The largest absolute Gasteiger partial charge is 2.00 e. The van der Waals surface area contributed by atoms with E-state index in [0.717, 1.165) is 12.8 Å². The van der Waals surface area contributed by atoms with Gasteiger partial charge in [-0.25, -0.2) is 4.79 Å². The van der Waals surface area contributed by atoms with Crippen LogP contribution in [0.25, 0.3) is 0 Å². The Bertz CT molecular complexity index is 487. The summed E-state index contributed by atoms with van der Waals surface area (Å²) in [4.78, 5) is 11.8. The molecular formula is C23H40CaO3. The van der Waals surface area contributed by atoms with Gasteiger partial charge in [0.15, 0.2) is 0 Å². The van der Waals surface area contributed by atoms with Crippen LogP contribution >= 0.6 is 0 Å². The number of phenolic OH excluding ortho intramolecular Hbond substituents is 1. The minimum atomic E-state index is -0.433. The van der Waals surface area contributed by atoms with Crippen LogP contribution in [-0.2, 0) is 4.74 Å². The molecule has 0 aromatic heterocycles. The van der Waals surface area contributed by atoms with E-state index in [4.69, 9.17) is 4.74 Å². The molecule has 0 fully saturated rings. The third-order valence-corrected chi connectivity index (χ3v) is 4.86. The Kier molecular flexibility index (Phi) is 18.9. The van der Waals surface area contributed by atoms with E-state index < -0.39 is 5.97 Å². The van der Waals surface area contributed by atoms with Crippen LogP contribution < -0.4 is 0 Å². The van der Waals surface area contributed by atoms with Crippen LogP contribution in [-0.4, -0.2) is 55.4 Å². The quantitative estimate of drug-likeness (QED) is 0.186. The Hall–Kier alpha value is -0.250. The summed E-state index contributed by atoms with van der Waals surface area (Å²) in [6, 6.07) is 6.51. The molecule has 0 aliphatic carbocycles. The van der Waals surface area contributed by atoms with E-state index in [1.54, 1.807) is 18.2 Å². The number of benzene rings is 1. The van der Waals surface area contributed by atoms with Crippen LogP contribution in [0.2, 0.25) is 0 Å². The number of rotatable bonds is 16. The second-order valence-electron chi connectivity index (χ2n) is 7.25. The monoisotopic (exact) mass is 404 g/mol. The number of aromatic hydroxyl groups is 1. The van der Waals surface area contributed by atoms with Crippen molar-refractivity contribution >= 4 is 43.7 Å². The second-order valence-corrected chi connectivity index (χ2v) is 7.25. The molecule has 0 bridgehead atoms. The van der Waals surface area contributed by atoms with E-state index in [2.05, 4.69) is 6.92 Å². The predicted octanol–water partition coefficient (Wildman–Crippen LogP) is 6.87. The summed E-state index contributed by atoms with van der Waals surface area (Å²) in [7, 11) is 0. The molecule has 0 radical (unpaired) electrons. The molecule has 4 heteroatoms. The number of hydrogen-bond donors (Lipinski definition) is 1. The first-order valence-corrected chi connectivity index (χ1v) is 10.7. The van der Waals surface area contributed by atoms with Crippen LogP contribution in [0.4, 0.5) is 0 Å². The normalized spacial score (nSPS) is 10.4. The number of hydrogen-bond acceptors (Lipinski definition) is 3. The van der Waals surface area contributed by atoms with E-state index in [1.165, 1.54) is 83.1 Å². The van der Waals surface area contributed by atoms with Gasteiger partial charge < -0.3 is 12.7 Å². The molecule has 0 atom stereocenters. The Labute approximate surface area is 199 Å². The fourth-order valence-electron chi connectivity index (χ4n) is 3.19. The molecule has 0 unspecified atom stereocenters. The number of carbonyl (C=O) groups is 1. The predicted molar refractivity (Wildman–Crippen MR) is 117 cm³/mol. The van der Waals surface area contributed by atoms with Gasteiger partial charge in [0.1, 0.15) is 11.3 Å². The molecule has 1 rings (SSSR count). The molecule has 3 nitrogen and oxygen atoms in total. The maximum absolute atomic E-state index is 11.8. The molecule has 0 aliphatic heterocycles. The molecule has 0 saturated heterocycles. The zero-order valence-electron chi connectivity index (χ0n) is 19.4. The molecule has 152 valence electrons. The van der Waals surface area contributed by atoms with Crippen LogP contribution in [0.1, 0.15) is 110 Å². The maximum Gasteiger partial charge on any atom is 2.00 e. The summed E-state index contributed by atoms with van der Waals surface area (Å²) < 4.78 is 5.22. The number of esters is 1. The maximum atomic E-state index is 11.8. The van der Waals surface area contributed by atoms with Gasteiger partial charge in [-0.15, -0.1) is 0 Å². The van der Waals surface area contributed by atoms with Crippen molar-refractivity contribution in [1.82, 2.24) is 0 Å². The summed E-state index contributed by atoms with van der Waals surface area (Å²) in [5.74, 6) is -0.448. The second kappa shape index (κ2) is 19.1. The van der Waals surface area contributed by atoms with Crippen LogP contribution in [0.3, 0.4) is 0 Å². The summed E-state index contributed by atoms with van der Waals surface area (Å²) in [6.45, 7) is 2.70. The Morgan fingerprint density at radius 2 is 1.26 bits per heavy atom. The number of carbonyl (C=O) groups excluding carboxylic acids is 1. The van der Waals surface area contributed by atoms with Gasteiger partial charge in [0.05, 0.1) is 6.61 Å². The third-order valence-electron chi connectivity index (χ3n) is 4.86. The van der Waals surface area contributed by atoms with Gasteiger partial charge in [-0.1, -0.05) is 103 Å². The molecule has 1 aromatic rings. The van der Waals surface area contributed by atoms with E-state index >= 15 is 0 Å². The average Bonchev–Trinajstić information content (AvgIpc) is 2.65. The van der Waals surface area contributed by atoms with E-state index in [9.17, 15) is 9.90 Å². The molecule has 1 N–H and O–H groups in total. The Balaban J connectivity index is -0.00000225. The summed E-state index contributed by atoms with van der Waals surface area (Å²) >= 11 is 0. The molecule has 0 heterocycles. The molecule has 27 heavy (non-hydrogen) atoms. The summed E-state index contributed by atoms with van der Waals surface area (Å²) in [6.07, 6.45) is 18.3. The van der Waals surface area contributed by atoms with Crippen molar-refractivity contribution in [2.45, 2.75) is 96.8 Å². The molecule has 0 spiro atoms. The van der Waals surface area contributed by atoms with Crippen molar-refractivity contribution in [2.24, 2.45) is 0 Å². The Morgan fingerprint density at radius 3 is 1.74 bits per heavy atom. The SMILES string of the molecule is CCCCCCCCCCCCCCCCOC(=O)c1ccccc1O.[Ca+2].[H-].[H-]. The summed E-state index contributed by atoms with van der Waals surface area (Å²) in [5, 5.41) is 9.61. The number of para-hydroxylation sites is 1. The number of unbranched alkanes of at least 4 members (excludes halogenated alkanes) is 13. The van der Waals surface area contributed by atoms with Gasteiger partial charge in [0.2, 0.25) is 0 Å². The van der Waals surface area contributed by atoms with Crippen molar-refractivity contribution < 1.29 is 17.5 Å². The van der Waals surface area contributed by atoms with Crippen LogP contribution in [0.15, 0.2) is 24.3 Å². The molecule has 0 saturated carbocycles. The first kappa shape index (κ1) is 26.7. The van der Waals surface area contributed by atoms with Crippen molar-refractivity contribution in [2.75, 3.05) is 6.61 Å². The van der Waals surface area contributed by atoms with Crippen LogP contribution in [0, 0.1) is 0 Å². The third kappa shape index (κ3) is 14.4. The van der Waals surface area contributed by atoms with Crippen molar-refractivity contribution in [3.8, 4) is 5.75 Å².